The molecule has 8 heteroatoms. The lowest BCUT2D eigenvalue weighted by molar-refractivity contribution is -0.384. The number of nitro groups is 1. The molecule has 0 spiro atoms. The van der Waals surface area contributed by atoms with E-state index < -0.39 is 28.0 Å². The Hall–Kier alpha value is -1.14. The Morgan fingerprint density at radius 2 is 2.00 bits per heavy atom. The number of rotatable bonds is 3. The highest BCUT2D eigenvalue weighted by molar-refractivity contribution is 6.38. The van der Waals surface area contributed by atoms with Crippen LogP contribution in [0.5, 0.6) is 5.75 Å². The van der Waals surface area contributed by atoms with Gasteiger partial charge in [0.25, 0.3) is 5.69 Å². The largest absolute Gasteiger partial charge is 0.431 e. The van der Waals surface area contributed by atoms with Gasteiger partial charge in [-0.3, -0.25) is 10.1 Å². The summed E-state index contributed by atoms with van der Waals surface area (Å²) in [6.07, 6.45) is 0. The summed E-state index contributed by atoms with van der Waals surface area (Å²) in [4.78, 5) is 9.58. The standard InChI is InChI=1S/C7H3Cl2F2NO3/c8-3-1-2-4(12(13)14)5(9)6(3)15-7(10)11/h1-2,7H. The summed E-state index contributed by atoms with van der Waals surface area (Å²) in [6.45, 7) is -3.15. The number of nitro benzene ring substituents is 1. The number of nitrogens with zero attached hydrogens (tertiary/aromatic N) is 1. The normalized spacial score (nSPS) is 10.5. The second-order valence-corrected chi connectivity index (χ2v) is 3.13. The first-order valence-electron chi connectivity index (χ1n) is 3.50. The molecule has 0 aliphatic rings. The summed E-state index contributed by atoms with van der Waals surface area (Å²) in [5, 5.41) is 9.64. The van der Waals surface area contributed by atoms with E-state index in [4.69, 9.17) is 23.2 Å². The van der Waals surface area contributed by atoms with Gasteiger partial charge in [0, 0.05) is 6.07 Å². The Morgan fingerprint density at radius 3 is 2.47 bits per heavy atom. The highest BCUT2D eigenvalue weighted by atomic mass is 35.5. The quantitative estimate of drug-likeness (QED) is 0.615. The van der Waals surface area contributed by atoms with Crippen molar-refractivity contribution >= 4 is 28.9 Å². The molecule has 0 saturated heterocycles. The molecule has 0 aliphatic heterocycles. The fourth-order valence-electron chi connectivity index (χ4n) is 0.860. The Labute approximate surface area is 92.5 Å². The molecule has 0 saturated carbocycles. The van der Waals surface area contributed by atoms with Gasteiger partial charge in [-0.25, -0.2) is 0 Å². The SMILES string of the molecule is O=[N+]([O-])c1ccc(Cl)c(OC(F)F)c1Cl. The molecule has 0 bridgehead atoms. The minimum atomic E-state index is -3.15. The lowest BCUT2D eigenvalue weighted by Crippen LogP contribution is -2.04. The minimum Gasteiger partial charge on any atom is -0.431 e. The molecule has 0 unspecified atom stereocenters. The van der Waals surface area contributed by atoms with Crippen LogP contribution < -0.4 is 4.74 Å². The highest BCUT2D eigenvalue weighted by Gasteiger charge is 2.22. The number of ether oxygens (including phenoxy) is 1. The lowest BCUT2D eigenvalue weighted by Gasteiger charge is -2.08. The average Bonchev–Trinajstić information content (AvgIpc) is 2.11. The van der Waals surface area contributed by atoms with Gasteiger partial charge in [0.2, 0.25) is 0 Å². The van der Waals surface area contributed by atoms with Crippen molar-refractivity contribution in [1.82, 2.24) is 0 Å². The van der Waals surface area contributed by atoms with Gasteiger partial charge in [-0.15, -0.1) is 0 Å². The van der Waals surface area contributed by atoms with Crippen LogP contribution in [0.4, 0.5) is 14.5 Å². The molecule has 0 atom stereocenters. The summed E-state index contributed by atoms with van der Waals surface area (Å²) < 4.78 is 27.8. The van der Waals surface area contributed by atoms with E-state index in [1.165, 1.54) is 0 Å². The van der Waals surface area contributed by atoms with Crippen molar-refractivity contribution in [2.75, 3.05) is 0 Å². The number of halogens is 4. The molecular formula is C7H3Cl2F2NO3. The lowest BCUT2D eigenvalue weighted by atomic mass is 10.3. The van der Waals surface area contributed by atoms with E-state index in [1.807, 2.05) is 0 Å². The van der Waals surface area contributed by atoms with E-state index in [0.29, 0.717) is 0 Å². The second kappa shape index (κ2) is 4.59. The maximum Gasteiger partial charge on any atom is 0.387 e. The first-order chi connectivity index (χ1) is 6.93. The molecule has 0 N–H and O–H groups in total. The monoisotopic (exact) mass is 257 g/mol. The number of alkyl halides is 2. The smallest absolute Gasteiger partial charge is 0.387 e. The van der Waals surface area contributed by atoms with Gasteiger partial charge >= 0.3 is 6.61 Å². The zero-order valence-electron chi connectivity index (χ0n) is 6.92. The van der Waals surface area contributed by atoms with Crippen LogP contribution in [0.3, 0.4) is 0 Å². The van der Waals surface area contributed by atoms with E-state index in [-0.39, 0.29) is 5.02 Å². The van der Waals surface area contributed by atoms with Crippen LogP contribution in [0.2, 0.25) is 10.0 Å². The molecular weight excluding hydrogens is 255 g/mol. The Balaban J connectivity index is 3.24. The molecule has 1 aromatic rings. The molecule has 0 fully saturated rings. The van der Waals surface area contributed by atoms with Gasteiger partial charge in [-0.1, -0.05) is 23.2 Å². The fraction of sp³-hybridized carbons (Fsp3) is 0.143. The predicted octanol–water partition coefficient (Wildman–Crippen LogP) is 3.50. The molecule has 0 aliphatic carbocycles. The van der Waals surface area contributed by atoms with E-state index in [1.54, 1.807) is 0 Å². The second-order valence-electron chi connectivity index (χ2n) is 2.35. The molecule has 4 nitrogen and oxygen atoms in total. The molecule has 0 radical (unpaired) electrons. The molecule has 82 valence electrons. The van der Waals surface area contributed by atoms with Gasteiger partial charge in [0.1, 0.15) is 0 Å². The first-order valence-corrected chi connectivity index (χ1v) is 4.26. The molecule has 1 rings (SSSR count). The van der Waals surface area contributed by atoms with E-state index in [0.717, 1.165) is 12.1 Å². The van der Waals surface area contributed by atoms with Gasteiger partial charge in [0.05, 0.1) is 9.95 Å². The Kier molecular flexibility index (Phi) is 3.65. The predicted molar refractivity (Wildman–Crippen MR) is 49.7 cm³/mol. The Bertz CT molecular complexity index is 400. The van der Waals surface area contributed by atoms with Crippen molar-refractivity contribution in [2.45, 2.75) is 6.61 Å². The summed E-state index contributed by atoms with van der Waals surface area (Å²) >= 11 is 11.0. The van der Waals surface area contributed by atoms with Gasteiger partial charge in [0.15, 0.2) is 10.8 Å². The van der Waals surface area contributed by atoms with Gasteiger partial charge < -0.3 is 4.74 Å². The van der Waals surface area contributed by atoms with Crippen LogP contribution >= 0.6 is 23.2 Å². The van der Waals surface area contributed by atoms with Crippen LogP contribution in [0.25, 0.3) is 0 Å². The number of benzene rings is 1. The number of hydrogen-bond acceptors (Lipinski definition) is 3. The third-order valence-corrected chi connectivity index (χ3v) is 2.10. The third kappa shape index (κ3) is 2.66. The first kappa shape index (κ1) is 11.9. The molecule has 0 aromatic heterocycles. The summed E-state index contributed by atoms with van der Waals surface area (Å²) in [5.41, 5.74) is -0.545. The van der Waals surface area contributed by atoms with E-state index in [2.05, 4.69) is 4.74 Å². The maximum atomic E-state index is 11.9. The molecule has 1 aromatic carbocycles. The number of hydrogen-bond donors (Lipinski definition) is 0. The summed E-state index contributed by atoms with van der Waals surface area (Å²) in [6, 6.07) is 2.06. The van der Waals surface area contributed by atoms with E-state index in [9.17, 15) is 18.9 Å². The van der Waals surface area contributed by atoms with Crippen molar-refractivity contribution in [3.63, 3.8) is 0 Å². The molecule has 0 heterocycles. The van der Waals surface area contributed by atoms with Crippen molar-refractivity contribution in [2.24, 2.45) is 0 Å². The molecule has 0 amide bonds. The van der Waals surface area contributed by atoms with Gasteiger partial charge in [-0.05, 0) is 6.07 Å². The van der Waals surface area contributed by atoms with Crippen LogP contribution in [0, 0.1) is 10.1 Å². The third-order valence-electron chi connectivity index (χ3n) is 1.43. The van der Waals surface area contributed by atoms with Crippen LogP contribution in [0.15, 0.2) is 12.1 Å². The van der Waals surface area contributed by atoms with Crippen LogP contribution in [0.1, 0.15) is 0 Å². The summed E-state index contributed by atoms with van der Waals surface area (Å²) in [5.74, 6) is -0.595. The average molecular weight is 258 g/mol. The molecule has 15 heavy (non-hydrogen) atoms. The van der Waals surface area contributed by atoms with Crippen molar-refractivity contribution in [1.29, 1.82) is 0 Å². The zero-order chi connectivity index (χ0) is 11.6. The van der Waals surface area contributed by atoms with Crippen molar-refractivity contribution in [3.05, 3.63) is 32.3 Å². The van der Waals surface area contributed by atoms with Gasteiger partial charge in [-0.2, -0.15) is 8.78 Å². The highest BCUT2D eigenvalue weighted by Crippen LogP contribution is 2.40. The van der Waals surface area contributed by atoms with Crippen molar-refractivity contribution in [3.8, 4) is 5.75 Å². The Morgan fingerprint density at radius 1 is 1.40 bits per heavy atom. The fourth-order valence-corrected chi connectivity index (χ4v) is 1.39. The maximum absolute atomic E-state index is 11.9. The van der Waals surface area contributed by atoms with E-state index >= 15 is 0 Å². The topological polar surface area (TPSA) is 52.4 Å². The van der Waals surface area contributed by atoms with Crippen LogP contribution in [-0.2, 0) is 0 Å². The van der Waals surface area contributed by atoms with Crippen molar-refractivity contribution < 1.29 is 18.4 Å². The summed E-state index contributed by atoms with van der Waals surface area (Å²) in [7, 11) is 0. The van der Waals surface area contributed by atoms with Crippen LogP contribution in [-0.4, -0.2) is 11.5 Å². The zero-order valence-corrected chi connectivity index (χ0v) is 8.43. The minimum absolute atomic E-state index is 0.217.